The van der Waals surface area contributed by atoms with Gasteiger partial charge >= 0.3 is 12.0 Å². The molecule has 1 atom stereocenters. The van der Waals surface area contributed by atoms with Crippen LogP contribution < -0.4 is 5.32 Å². The molecule has 0 aromatic rings. The number of nitrogens with zero attached hydrogens (tertiary/aromatic N) is 1. The second kappa shape index (κ2) is 6.47. The van der Waals surface area contributed by atoms with Gasteiger partial charge in [-0.25, -0.2) is 4.79 Å². The van der Waals surface area contributed by atoms with Crippen molar-refractivity contribution in [2.75, 3.05) is 19.6 Å². The molecule has 0 heterocycles. The Bertz CT molecular complexity index is 277. The van der Waals surface area contributed by atoms with E-state index in [1.54, 1.807) is 0 Å². The third kappa shape index (κ3) is 5.06. The van der Waals surface area contributed by atoms with Crippen LogP contribution in [0.5, 0.6) is 0 Å². The van der Waals surface area contributed by atoms with Crippen molar-refractivity contribution in [3.8, 4) is 0 Å². The maximum absolute atomic E-state index is 11.8. The van der Waals surface area contributed by atoms with E-state index in [1.807, 2.05) is 6.92 Å². The summed E-state index contributed by atoms with van der Waals surface area (Å²) in [6, 6.07) is -0.152. The fraction of sp³-hybridized carbons (Fsp3) is 0.833. The molecule has 2 amide bonds. The molecular formula is C12H22N2O3. The van der Waals surface area contributed by atoms with Crippen molar-refractivity contribution >= 4 is 12.0 Å². The maximum atomic E-state index is 11.8. The second-order valence-electron chi connectivity index (χ2n) is 4.72. The Balaban J connectivity index is 2.24. The normalized spacial score (nSPS) is 16.4. The summed E-state index contributed by atoms with van der Waals surface area (Å²) in [6.07, 6.45) is 2.54. The lowest BCUT2D eigenvalue weighted by Gasteiger charge is -2.21. The molecule has 1 saturated carbocycles. The van der Waals surface area contributed by atoms with E-state index in [2.05, 4.69) is 12.2 Å². The van der Waals surface area contributed by atoms with E-state index >= 15 is 0 Å². The molecule has 0 spiro atoms. The Morgan fingerprint density at radius 2 is 2.12 bits per heavy atom. The molecule has 5 nitrogen and oxygen atoms in total. The molecule has 1 unspecified atom stereocenters. The zero-order valence-electron chi connectivity index (χ0n) is 10.6. The average molecular weight is 242 g/mol. The van der Waals surface area contributed by atoms with Crippen LogP contribution in [0.1, 0.15) is 33.1 Å². The molecule has 0 aromatic carbocycles. The predicted molar refractivity (Wildman–Crippen MR) is 64.8 cm³/mol. The van der Waals surface area contributed by atoms with Crippen LogP contribution in [-0.4, -0.2) is 41.6 Å². The van der Waals surface area contributed by atoms with Gasteiger partial charge in [0.1, 0.15) is 0 Å². The number of carboxylic acid groups (broad SMARTS) is 1. The number of hydrogen-bond acceptors (Lipinski definition) is 2. The summed E-state index contributed by atoms with van der Waals surface area (Å²) >= 11 is 0. The number of carboxylic acids is 1. The number of rotatable bonds is 7. The van der Waals surface area contributed by atoms with Crippen molar-refractivity contribution in [2.45, 2.75) is 33.1 Å². The van der Waals surface area contributed by atoms with E-state index in [4.69, 9.17) is 5.11 Å². The molecule has 1 aliphatic carbocycles. The third-order valence-electron chi connectivity index (χ3n) is 3.27. The van der Waals surface area contributed by atoms with Gasteiger partial charge in [0.05, 0.1) is 6.42 Å². The average Bonchev–Trinajstić information content (AvgIpc) is 3.10. The van der Waals surface area contributed by atoms with E-state index < -0.39 is 5.97 Å². The van der Waals surface area contributed by atoms with Crippen molar-refractivity contribution in [3.63, 3.8) is 0 Å². The molecule has 1 aliphatic rings. The van der Waals surface area contributed by atoms with Crippen molar-refractivity contribution in [3.05, 3.63) is 0 Å². The fourth-order valence-electron chi connectivity index (χ4n) is 1.83. The Labute approximate surface area is 102 Å². The summed E-state index contributed by atoms with van der Waals surface area (Å²) in [6.45, 7) is 5.50. The molecule has 0 saturated heterocycles. The highest BCUT2D eigenvalue weighted by Crippen LogP contribution is 2.36. The second-order valence-corrected chi connectivity index (χ2v) is 4.72. The van der Waals surface area contributed by atoms with E-state index in [1.165, 1.54) is 17.7 Å². The maximum Gasteiger partial charge on any atom is 0.317 e. The molecule has 0 bridgehead atoms. The van der Waals surface area contributed by atoms with Gasteiger partial charge in [0, 0.05) is 19.6 Å². The number of carbonyl (C=O) groups is 2. The van der Waals surface area contributed by atoms with Gasteiger partial charge in [-0.1, -0.05) is 6.92 Å². The van der Waals surface area contributed by atoms with Gasteiger partial charge in [0.25, 0.3) is 0 Å². The first-order chi connectivity index (χ1) is 8.04. The highest BCUT2D eigenvalue weighted by molar-refractivity contribution is 5.75. The van der Waals surface area contributed by atoms with Crippen LogP contribution in [-0.2, 0) is 4.79 Å². The van der Waals surface area contributed by atoms with Crippen molar-refractivity contribution in [2.24, 2.45) is 11.8 Å². The molecule has 1 fully saturated rings. The van der Waals surface area contributed by atoms with E-state index in [-0.39, 0.29) is 19.0 Å². The third-order valence-corrected chi connectivity index (χ3v) is 3.27. The van der Waals surface area contributed by atoms with Crippen LogP contribution in [0.3, 0.4) is 0 Å². The van der Waals surface area contributed by atoms with E-state index in [0.717, 1.165) is 5.92 Å². The minimum absolute atomic E-state index is 0.000557. The Morgan fingerprint density at radius 1 is 1.47 bits per heavy atom. The molecule has 98 valence electrons. The molecule has 0 aromatic heterocycles. The van der Waals surface area contributed by atoms with Gasteiger partial charge in [-0.05, 0) is 31.6 Å². The lowest BCUT2D eigenvalue weighted by Crippen LogP contribution is -2.42. The standard InChI is InChI=1S/C12H22N2O3/c1-3-14(7-6-11(15)16)12(17)13-8-9(2)10-4-5-10/h9-10H,3-8H2,1-2H3,(H,13,17)(H,15,16). The van der Waals surface area contributed by atoms with Crippen molar-refractivity contribution < 1.29 is 14.7 Å². The zero-order valence-corrected chi connectivity index (χ0v) is 10.6. The predicted octanol–water partition coefficient (Wildman–Crippen LogP) is 1.54. The van der Waals surface area contributed by atoms with Crippen LogP contribution in [0, 0.1) is 11.8 Å². The zero-order chi connectivity index (χ0) is 12.8. The van der Waals surface area contributed by atoms with Crippen LogP contribution in [0.15, 0.2) is 0 Å². The smallest absolute Gasteiger partial charge is 0.317 e. The van der Waals surface area contributed by atoms with Crippen molar-refractivity contribution in [1.82, 2.24) is 10.2 Å². The SMILES string of the molecule is CCN(CCC(=O)O)C(=O)NCC(C)C1CC1. The molecule has 5 heteroatoms. The number of carbonyl (C=O) groups excluding carboxylic acids is 1. The summed E-state index contributed by atoms with van der Waals surface area (Å²) < 4.78 is 0. The molecule has 17 heavy (non-hydrogen) atoms. The summed E-state index contributed by atoms with van der Waals surface area (Å²) in [5, 5.41) is 11.5. The van der Waals surface area contributed by atoms with Gasteiger partial charge in [0.2, 0.25) is 0 Å². The topological polar surface area (TPSA) is 69.6 Å². The first-order valence-corrected chi connectivity index (χ1v) is 6.29. The van der Waals surface area contributed by atoms with Gasteiger partial charge in [-0.2, -0.15) is 0 Å². The molecule has 0 aliphatic heterocycles. The number of aliphatic carboxylic acids is 1. The Hall–Kier alpha value is -1.26. The quantitative estimate of drug-likeness (QED) is 0.711. The van der Waals surface area contributed by atoms with Crippen LogP contribution >= 0.6 is 0 Å². The first-order valence-electron chi connectivity index (χ1n) is 6.29. The highest BCUT2D eigenvalue weighted by Gasteiger charge is 2.28. The Kier molecular flexibility index (Phi) is 5.25. The van der Waals surface area contributed by atoms with Gasteiger partial charge in [-0.15, -0.1) is 0 Å². The molecule has 0 radical (unpaired) electrons. The van der Waals surface area contributed by atoms with Gasteiger partial charge in [0.15, 0.2) is 0 Å². The fourth-order valence-corrected chi connectivity index (χ4v) is 1.83. The summed E-state index contributed by atoms with van der Waals surface area (Å²) in [4.78, 5) is 23.7. The van der Waals surface area contributed by atoms with Crippen LogP contribution in [0.2, 0.25) is 0 Å². The number of amides is 2. The molecule has 2 N–H and O–H groups in total. The van der Waals surface area contributed by atoms with Gasteiger partial charge in [-0.3, -0.25) is 4.79 Å². The number of urea groups is 1. The number of hydrogen-bond donors (Lipinski definition) is 2. The highest BCUT2D eigenvalue weighted by atomic mass is 16.4. The minimum atomic E-state index is -0.873. The monoisotopic (exact) mass is 242 g/mol. The lowest BCUT2D eigenvalue weighted by molar-refractivity contribution is -0.137. The molecule has 1 rings (SSSR count). The first kappa shape index (κ1) is 13.8. The Morgan fingerprint density at radius 3 is 2.59 bits per heavy atom. The van der Waals surface area contributed by atoms with Gasteiger partial charge < -0.3 is 15.3 Å². The lowest BCUT2D eigenvalue weighted by atomic mass is 10.1. The van der Waals surface area contributed by atoms with E-state index in [0.29, 0.717) is 19.0 Å². The largest absolute Gasteiger partial charge is 0.481 e. The summed E-state index contributed by atoms with van der Waals surface area (Å²) in [7, 11) is 0. The summed E-state index contributed by atoms with van der Waals surface area (Å²) in [5.74, 6) is 0.420. The number of nitrogens with one attached hydrogen (secondary N) is 1. The summed E-state index contributed by atoms with van der Waals surface area (Å²) in [5.41, 5.74) is 0. The van der Waals surface area contributed by atoms with Crippen LogP contribution in [0.25, 0.3) is 0 Å². The molecular weight excluding hydrogens is 220 g/mol. The van der Waals surface area contributed by atoms with Crippen molar-refractivity contribution in [1.29, 1.82) is 0 Å². The van der Waals surface area contributed by atoms with E-state index in [9.17, 15) is 9.59 Å². The van der Waals surface area contributed by atoms with Crippen LogP contribution in [0.4, 0.5) is 4.79 Å². The minimum Gasteiger partial charge on any atom is -0.481 e.